The Kier molecular flexibility index (Phi) is 4.21. The van der Waals surface area contributed by atoms with E-state index in [9.17, 15) is 4.79 Å². The molecule has 1 aromatic carbocycles. The van der Waals surface area contributed by atoms with Gasteiger partial charge in [0.2, 0.25) is 0 Å². The molecule has 0 unspecified atom stereocenters. The molecule has 0 atom stereocenters. The molecule has 1 fully saturated rings. The molecule has 1 aromatic heterocycles. The van der Waals surface area contributed by atoms with Crippen LogP contribution in [-0.2, 0) is 6.54 Å². The van der Waals surface area contributed by atoms with Crippen LogP contribution < -0.4 is 15.5 Å². The van der Waals surface area contributed by atoms with Gasteiger partial charge in [0, 0.05) is 24.5 Å². The van der Waals surface area contributed by atoms with Crippen molar-refractivity contribution in [1.82, 2.24) is 5.32 Å². The predicted molar refractivity (Wildman–Crippen MR) is 88.6 cm³/mol. The molecule has 21 heavy (non-hydrogen) atoms. The minimum Gasteiger partial charge on any atom is -0.451 e. The number of anilines is 2. The number of carbonyl (C=O) groups is 1. The van der Waals surface area contributed by atoms with Crippen LogP contribution in [0.2, 0.25) is 0 Å². The van der Waals surface area contributed by atoms with Gasteiger partial charge in [0.15, 0.2) is 4.67 Å². The molecule has 2 amide bonds. The summed E-state index contributed by atoms with van der Waals surface area (Å²) in [6.45, 7) is 1.95. The minimum absolute atomic E-state index is 0.0500. The Bertz CT molecular complexity index is 652. The number of rotatable bonds is 4. The molecule has 1 aliphatic rings. The molecule has 2 heterocycles. The normalized spacial score (nSPS) is 14.4. The number of hydrogen-bond donors (Lipinski definition) is 2. The van der Waals surface area contributed by atoms with Crippen molar-refractivity contribution in [2.75, 3.05) is 23.3 Å². The van der Waals surface area contributed by atoms with E-state index >= 15 is 0 Å². The Balaban J connectivity index is 1.70. The fourth-order valence-electron chi connectivity index (χ4n) is 2.17. The predicted octanol–water partition coefficient (Wildman–Crippen LogP) is 3.95. The molecule has 3 rings (SSSR count). The number of amides is 2. The number of urea groups is 1. The second-order valence-electron chi connectivity index (χ2n) is 4.62. The summed E-state index contributed by atoms with van der Waals surface area (Å²) in [5, 5.41) is 6.08. The summed E-state index contributed by atoms with van der Waals surface area (Å²) < 4.78 is 7.09. The highest BCUT2D eigenvalue weighted by Gasteiger charge is 2.21. The highest BCUT2D eigenvalue weighted by molar-refractivity contribution is 9.13. The molecule has 0 bridgehead atoms. The summed E-state index contributed by atoms with van der Waals surface area (Å²) >= 11 is 6.70. The third-order valence-electron chi connectivity index (χ3n) is 3.18. The quantitative estimate of drug-likeness (QED) is 0.796. The maximum Gasteiger partial charge on any atom is 0.321 e. The van der Waals surface area contributed by atoms with Gasteiger partial charge in [-0.1, -0.05) is 6.07 Å². The largest absolute Gasteiger partial charge is 0.451 e. The first-order valence-corrected chi connectivity index (χ1v) is 8.05. The van der Waals surface area contributed by atoms with Crippen molar-refractivity contribution < 1.29 is 9.21 Å². The van der Waals surface area contributed by atoms with E-state index in [1.54, 1.807) is 4.90 Å². The molecule has 0 radical (unpaired) electrons. The number of benzene rings is 1. The maximum atomic E-state index is 11.7. The van der Waals surface area contributed by atoms with Crippen molar-refractivity contribution in [3.05, 3.63) is 45.2 Å². The average molecular weight is 415 g/mol. The van der Waals surface area contributed by atoms with Gasteiger partial charge in [-0.15, -0.1) is 0 Å². The van der Waals surface area contributed by atoms with E-state index in [4.69, 9.17) is 4.42 Å². The van der Waals surface area contributed by atoms with Crippen LogP contribution in [-0.4, -0.2) is 19.1 Å². The lowest BCUT2D eigenvalue weighted by Crippen LogP contribution is -2.27. The lowest BCUT2D eigenvalue weighted by molar-refractivity contribution is 0.252. The first-order valence-electron chi connectivity index (χ1n) is 6.46. The maximum absolute atomic E-state index is 11.7. The first kappa shape index (κ1) is 14.5. The molecule has 5 nitrogen and oxygen atoms in total. The number of nitrogens with one attached hydrogen (secondary N) is 2. The van der Waals surface area contributed by atoms with Crippen molar-refractivity contribution in [2.24, 2.45) is 0 Å². The van der Waals surface area contributed by atoms with Gasteiger partial charge in [0.25, 0.3) is 0 Å². The smallest absolute Gasteiger partial charge is 0.321 e. The van der Waals surface area contributed by atoms with Crippen LogP contribution in [0.25, 0.3) is 0 Å². The van der Waals surface area contributed by atoms with E-state index < -0.39 is 0 Å². The van der Waals surface area contributed by atoms with Crippen LogP contribution in [0.1, 0.15) is 5.76 Å². The van der Waals surface area contributed by atoms with Crippen LogP contribution in [0.4, 0.5) is 16.2 Å². The summed E-state index contributed by atoms with van der Waals surface area (Å²) in [4.78, 5) is 13.4. The monoisotopic (exact) mass is 413 g/mol. The molecule has 1 aliphatic heterocycles. The van der Waals surface area contributed by atoms with Gasteiger partial charge in [-0.3, -0.25) is 4.90 Å². The van der Waals surface area contributed by atoms with Gasteiger partial charge < -0.3 is 15.1 Å². The Morgan fingerprint density at radius 3 is 2.86 bits per heavy atom. The topological polar surface area (TPSA) is 57.5 Å². The Labute approximate surface area is 138 Å². The van der Waals surface area contributed by atoms with Gasteiger partial charge in [-0.05, 0) is 56.1 Å². The Morgan fingerprint density at radius 1 is 1.33 bits per heavy atom. The summed E-state index contributed by atoms with van der Waals surface area (Å²) in [5.41, 5.74) is 1.83. The van der Waals surface area contributed by atoms with Gasteiger partial charge in [-0.25, -0.2) is 4.79 Å². The van der Waals surface area contributed by atoms with Crippen molar-refractivity contribution in [3.63, 3.8) is 0 Å². The zero-order valence-corrected chi connectivity index (χ0v) is 14.2. The number of furan rings is 1. The molecule has 2 aromatic rings. The number of halogens is 2. The second-order valence-corrected chi connectivity index (χ2v) is 6.20. The fourth-order valence-corrected chi connectivity index (χ4v) is 2.83. The van der Waals surface area contributed by atoms with Crippen molar-refractivity contribution in [3.8, 4) is 0 Å². The van der Waals surface area contributed by atoms with Crippen molar-refractivity contribution in [2.45, 2.75) is 6.54 Å². The van der Waals surface area contributed by atoms with E-state index in [0.29, 0.717) is 24.3 Å². The number of hydrogen-bond acceptors (Lipinski definition) is 3. The highest BCUT2D eigenvalue weighted by Crippen LogP contribution is 2.27. The Morgan fingerprint density at radius 2 is 2.19 bits per heavy atom. The van der Waals surface area contributed by atoms with Gasteiger partial charge in [-0.2, -0.15) is 0 Å². The highest BCUT2D eigenvalue weighted by atomic mass is 79.9. The van der Waals surface area contributed by atoms with Gasteiger partial charge in [0.1, 0.15) is 5.76 Å². The molecule has 110 valence electrons. The van der Waals surface area contributed by atoms with Gasteiger partial charge in [0.05, 0.1) is 11.0 Å². The van der Waals surface area contributed by atoms with E-state index in [2.05, 4.69) is 42.5 Å². The fraction of sp³-hybridized carbons (Fsp3) is 0.214. The summed E-state index contributed by atoms with van der Waals surface area (Å²) in [6, 6.07) is 9.64. The second kappa shape index (κ2) is 6.11. The van der Waals surface area contributed by atoms with E-state index in [1.165, 1.54) is 0 Å². The van der Waals surface area contributed by atoms with E-state index in [0.717, 1.165) is 21.6 Å². The third kappa shape index (κ3) is 3.24. The average Bonchev–Trinajstić information content (AvgIpc) is 3.03. The molecular formula is C14H13Br2N3O2. The third-order valence-corrected chi connectivity index (χ3v) is 4.89. The van der Waals surface area contributed by atoms with E-state index in [1.807, 2.05) is 30.3 Å². The minimum atomic E-state index is -0.0500. The summed E-state index contributed by atoms with van der Waals surface area (Å²) in [7, 11) is 0. The van der Waals surface area contributed by atoms with Crippen LogP contribution in [0.5, 0.6) is 0 Å². The molecule has 2 N–H and O–H groups in total. The lowest BCUT2D eigenvalue weighted by Gasteiger charge is -2.15. The summed E-state index contributed by atoms with van der Waals surface area (Å²) in [5.74, 6) is 0.818. The van der Waals surface area contributed by atoms with Gasteiger partial charge >= 0.3 is 6.03 Å². The van der Waals surface area contributed by atoms with Crippen molar-refractivity contribution >= 4 is 49.3 Å². The molecule has 1 saturated heterocycles. The summed E-state index contributed by atoms with van der Waals surface area (Å²) in [6.07, 6.45) is 0. The SMILES string of the molecule is O=C1NCCN1c1cccc(NCc2cc(Br)c(Br)o2)c1. The van der Waals surface area contributed by atoms with E-state index in [-0.39, 0.29) is 6.03 Å². The molecule has 0 spiro atoms. The van der Waals surface area contributed by atoms with Crippen LogP contribution in [0.3, 0.4) is 0 Å². The Hall–Kier alpha value is -1.47. The van der Waals surface area contributed by atoms with Crippen LogP contribution >= 0.6 is 31.9 Å². The molecule has 0 saturated carbocycles. The zero-order chi connectivity index (χ0) is 14.8. The first-order chi connectivity index (χ1) is 10.1. The van der Waals surface area contributed by atoms with Crippen LogP contribution in [0.15, 0.2) is 43.9 Å². The van der Waals surface area contributed by atoms with Crippen LogP contribution in [0, 0.1) is 0 Å². The van der Waals surface area contributed by atoms with Crippen molar-refractivity contribution in [1.29, 1.82) is 0 Å². The lowest BCUT2D eigenvalue weighted by atomic mass is 10.2. The number of nitrogens with zero attached hydrogens (tertiary/aromatic N) is 1. The standard InChI is InChI=1S/C14H13Br2N3O2/c15-12-7-11(21-13(12)16)8-18-9-2-1-3-10(6-9)19-5-4-17-14(19)20/h1-3,6-7,18H,4-5,8H2,(H,17,20). The molecule has 0 aliphatic carbocycles. The molecular weight excluding hydrogens is 402 g/mol. The molecule has 7 heteroatoms. The zero-order valence-electron chi connectivity index (χ0n) is 11.0. The number of carbonyl (C=O) groups excluding carboxylic acids is 1.